The third-order valence-electron chi connectivity index (χ3n) is 5.34. The molecule has 0 unspecified atom stereocenters. The summed E-state index contributed by atoms with van der Waals surface area (Å²) >= 11 is 0. The molecular weight excluding hydrogens is 312 g/mol. The van der Waals surface area contributed by atoms with E-state index < -0.39 is 0 Å². The van der Waals surface area contributed by atoms with Gasteiger partial charge in [-0.05, 0) is 55.7 Å². The Morgan fingerprint density at radius 2 is 1.76 bits per heavy atom. The van der Waals surface area contributed by atoms with Crippen LogP contribution in [0.5, 0.6) is 0 Å². The van der Waals surface area contributed by atoms with Crippen LogP contribution in [-0.4, -0.2) is 11.8 Å². The van der Waals surface area contributed by atoms with Gasteiger partial charge in [0, 0.05) is 18.2 Å². The summed E-state index contributed by atoms with van der Waals surface area (Å²) in [5.74, 6) is 0.826. The van der Waals surface area contributed by atoms with Crippen LogP contribution in [0.15, 0.2) is 35.9 Å². The highest BCUT2D eigenvalue weighted by Crippen LogP contribution is 2.59. The fourth-order valence-electron chi connectivity index (χ4n) is 3.44. The van der Waals surface area contributed by atoms with Crippen LogP contribution >= 0.6 is 0 Å². The van der Waals surface area contributed by atoms with E-state index in [1.54, 1.807) is 0 Å². The first kappa shape index (κ1) is 17.7. The lowest BCUT2D eigenvalue weighted by Gasteiger charge is -2.08. The Balaban J connectivity index is 1.50. The Bertz CT molecular complexity index is 695. The lowest BCUT2D eigenvalue weighted by Crippen LogP contribution is -2.26. The molecule has 1 aromatic rings. The van der Waals surface area contributed by atoms with Crippen LogP contribution in [0.2, 0.25) is 0 Å². The third-order valence-corrected chi connectivity index (χ3v) is 5.34. The first-order valence-corrected chi connectivity index (χ1v) is 9.11. The second kappa shape index (κ2) is 6.66. The quantitative estimate of drug-likeness (QED) is 0.772. The molecule has 134 valence electrons. The van der Waals surface area contributed by atoms with Gasteiger partial charge in [0.25, 0.3) is 0 Å². The lowest BCUT2D eigenvalue weighted by atomic mass is 10.1. The largest absolute Gasteiger partial charge is 0.352 e. The van der Waals surface area contributed by atoms with Gasteiger partial charge in [-0.1, -0.05) is 37.6 Å². The van der Waals surface area contributed by atoms with E-state index in [0.717, 1.165) is 24.1 Å². The van der Waals surface area contributed by atoms with E-state index in [0.29, 0.717) is 12.5 Å². The standard InChI is InChI=1S/C21H28N2O2/c1-13(2)11-17-18(21(17,3)4)20(25)22-12-14-5-9-16(10-6-14)23-19(24)15-7-8-15/h5-6,9-11,15,17-18H,7-8,12H2,1-4H3,(H,22,25)(H,23,24)/t17-,18+/m0/s1. The number of nitrogens with one attached hydrogen (secondary N) is 2. The Hall–Kier alpha value is -2.10. The molecular formula is C21H28N2O2. The molecule has 2 atom stereocenters. The van der Waals surface area contributed by atoms with Crippen molar-refractivity contribution in [2.75, 3.05) is 5.32 Å². The highest BCUT2D eigenvalue weighted by molar-refractivity contribution is 5.94. The van der Waals surface area contributed by atoms with Gasteiger partial charge in [-0.3, -0.25) is 9.59 Å². The van der Waals surface area contributed by atoms with E-state index >= 15 is 0 Å². The average Bonchev–Trinajstić information content (AvgIpc) is 3.44. The number of amides is 2. The summed E-state index contributed by atoms with van der Waals surface area (Å²) in [7, 11) is 0. The maximum absolute atomic E-state index is 12.5. The van der Waals surface area contributed by atoms with Gasteiger partial charge in [0.05, 0.1) is 5.92 Å². The van der Waals surface area contributed by atoms with Crippen LogP contribution in [0.1, 0.15) is 46.1 Å². The summed E-state index contributed by atoms with van der Waals surface area (Å²) < 4.78 is 0. The van der Waals surface area contributed by atoms with E-state index in [-0.39, 0.29) is 29.1 Å². The van der Waals surface area contributed by atoms with E-state index in [9.17, 15) is 9.59 Å². The predicted octanol–water partition coefficient (Wildman–Crippen LogP) is 3.89. The van der Waals surface area contributed by atoms with Gasteiger partial charge in [0.2, 0.25) is 11.8 Å². The maximum Gasteiger partial charge on any atom is 0.227 e. The van der Waals surface area contributed by atoms with Crippen molar-refractivity contribution in [3.05, 3.63) is 41.5 Å². The van der Waals surface area contributed by atoms with Crippen LogP contribution in [0.4, 0.5) is 5.69 Å². The van der Waals surface area contributed by atoms with Gasteiger partial charge < -0.3 is 10.6 Å². The Labute approximate surface area is 150 Å². The molecule has 2 amide bonds. The number of allylic oxidation sites excluding steroid dienone is 2. The van der Waals surface area contributed by atoms with E-state index in [2.05, 4.69) is 44.4 Å². The third kappa shape index (κ3) is 4.12. The Morgan fingerprint density at radius 3 is 2.32 bits per heavy atom. The molecule has 4 heteroatoms. The summed E-state index contributed by atoms with van der Waals surface area (Å²) in [5.41, 5.74) is 3.16. The van der Waals surface area contributed by atoms with Crippen LogP contribution in [0.3, 0.4) is 0 Å². The molecule has 0 aromatic heterocycles. The van der Waals surface area contributed by atoms with Crippen molar-refractivity contribution < 1.29 is 9.59 Å². The fourth-order valence-corrected chi connectivity index (χ4v) is 3.44. The molecule has 4 nitrogen and oxygen atoms in total. The monoisotopic (exact) mass is 340 g/mol. The summed E-state index contributed by atoms with van der Waals surface area (Å²) in [6.45, 7) is 8.97. The van der Waals surface area contributed by atoms with Crippen molar-refractivity contribution in [2.45, 2.75) is 47.1 Å². The number of carbonyl (C=O) groups is 2. The molecule has 2 saturated carbocycles. The summed E-state index contributed by atoms with van der Waals surface area (Å²) in [5, 5.41) is 5.98. The van der Waals surface area contributed by atoms with Crippen LogP contribution in [0, 0.1) is 23.2 Å². The number of hydrogen-bond donors (Lipinski definition) is 2. The first-order valence-electron chi connectivity index (χ1n) is 9.11. The van der Waals surface area contributed by atoms with Crippen LogP contribution in [0.25, 0.3) is 0 Å². The number of hydrogen-bond acceptors (Lipinski definition) is 2. The normalized spacial score (nSPS) is 23.5. The number of carbonyl (C=O) groups excluding carboxylic acids is 2. The van der Waals surface area contributed by atoms with Crippen molar-refractivity contribution in [1.29, 1.82) is 0 Å². The lowest BCUT2D eigenvalue weighted by molar-refractivity contribution is -0.123. The van der Waals surface area contributed by atoms with Crippen LogP contribution < -0.4 is 10.6 Å². The van der Waals surface area contributed by atoms with E-state index in [1.807, 2.05) is 24.3 Å². The fraction of sp³-hybridized carbons (Fsp3) is 0.524. The molecule has 25 heavy (non-hydrogen) atoms. The second-order valence-electron chi connectivity index (χ2n) is 8.25. The van der Waals surface area contributed by atoms with Gasteiger partial charge in [-0.2, -0.15) is 0 Å². The minimum absolute atomic E-state index is 0.0400. The zero-order valence-electron chi connectivity index (χ0n) is 15.6. The minimum atomic E-state index is 0.0400. The molecule has 0 radical (unpaired) electrons. The maximum atomic E-state index is 12.5. The zero-order valence-corrected chi connectivity index (χ0v) is 15.6. The molecule has 2 aliphatic rings. The number of benzene rings is 1. The second-order valence-corrected chi connectivity index (χ2v) is 8.25. The van der Waals surface area contributed by atoms with Crippen molar-refractivity contribution in [2.24, 2.45) is 23.2 Å². The Kier molecular flexibility index (Phi) is 4.72. The number of anilines is 1. The van der Waals surface area contributed by atoms with Gasteiger partial charge >= 0.3 is 0 Å². The molecule has 0 spiro atoms. The van der Waals surface area contributed by atoms with Crippen molar-refractivity contribution >= 4 is 17.5 Å². The smallest absolute Gasteiger partial charge is 0.227 e. The minimum Gasteiger partial charge on any atom is -0.352 e. The molecule has 2 aliphatic carbocycles. The van der Waals surface area contributed by atoms with Gasteiger partial charge in [0.1, 0.15) is 0 Å². The van der Waals surface area contributed by atoms with Gasteiger partial charge in [-0.15, -0.1) is 0 Å². The van der Waals surface area contributed by atoms with Crippen molar-refractivity contribution in [3.63, 3.8) is 0 Å². The van der Waals surface area contributed by atoms with Crippen molar-refractivity contribution in [1.82, 2.24) is 5.32 Å². The summed E-state index contributed by atoms with van der Waals surface area (Å²) in [6, 6.07) is 7.70. The summed E-state index contributed by atoms with van der Waals surface area (Å²) in [4.78, 5) is 24.2. The molecule has 0 heterocycles. The van der Waals surface area contributed by atoms with Gasteiger partial charge in [0.15, 0.2) is 0 Å². The molecule has 1 aromatic carbocycles. The molecule has 0 saturated heterocycles. The van der Waals surface area contributed by atoms with E-state index in [1.165, 1.54) is 5.57 Å². The van der Waals surface area contributed by atoms with Crippen molar-refractivity contribution in [3.8, 4) is 0 Å². The molecule has 3 rings (SSSR count). The van der Waals surface area contributed by atoms with Gasteiger partial charge in [-0.25, -0.2) is 0 Å². The highest BCUT2D eigenvalue weighted by Gasteiger charge is 2.60. The van der Waals surface area contributed by atoms with E-state index in [4.69, 9.17) is 0 Å². The average molecular weight is 340 g/mol. The first-order chi connectivity index (χ1) is 11.8. The molecule has 2 fully saturated rings. The molecule has 0 bridgehead atoms. The molecule has 2 N–H and O–H groups in total. The topological polar surface area (TPSA) is 58.2 Å². The summed E-state index contributed by atoms with van der Waals surface area (Å²) in [6.07, 6.45) is 4.21. The van der Waals surface area contributed by atoms with Crippen LogP contribution in [-0.2, 0) is 16.1 Å². The zero-order chi connectivity index (χ0) is 18.2. The highest BCUT2D eigenvalue weighted by atomic mass is 16.2. The molecule has 0 aliphatic heterocycles. The predicted molar refractivity (Wildman–Crippen MR) is 99.8 cm³/mol. The number of rotatable bonds is 6. The SMILES string of the molecule is CC(C)=C[C@H]1[C@H](C(=O)NCc2ccc(NC(=O)C3CC3)cc2)C1(C)C. The Morgan fingerprint density at radius 1 is 1.12 bits per heavy atom.